The van der Waals surface area contributed by atoms with Crippen LogP contribution in [0.5, 0.6) is 6.01 Å². The van der Waals surface area contributed by atoms with Crippen LogP contribution in [0.3, 0.4) is 0 Å². The third kappa shape index (κ3) is 4.39. The van der Waals surface area contributed by atoms with Crippen LogP contribution in [0.25, 0.3) is 32.9 Å². The molecule has 4 aromatic rings. The first-order chi connectivity index (χ1) is 19.8. The summed E-state index contributed by atoms with van der Waals surface area (Å²) in [6.07, 6.45) is 3.93. The normalized spacial score (nSPS) is 24.4. The molecule has 7 rings (SSSR count). The van der Waals surface area contributed by atoms with Crippen molar-refractivity contribution >= 4 is 27.5 Å². The van der Waals surface area contributed by atoms with Gasteiger partial charge in [-0.05, 0) is 61.7 Å². The van der Waals surface area contributed by atoms with Gasteiger partial charge in [-0.15, -0.1) is 0 Å². The lowest BCUT2D eigenvalue weighted by Crippen LogP contribution is -2.43. The molecule has 1 N–H and O–H groups in total. The van der Waals surface area contributed by atoms with Gasteiger partial charge in [0.25, 0.3) is 0 Å². The molecule has 5 heterocycles. The second-order valence-corrected chi connectivity index (χ2v) is 11.7. The fraction of sp³-hybridized carbons (Fsp3) is 0.452. The van der Waals surface area contributed by atoms with E-state index in [1.54, 1.807) is 31.3 Å². The van der Waals surface area contributed by atoms with Gasteiger partial charge in [0.1, 0.15) is 35.6 Å². The van der Waals surface area contributed by atoms with Crippen LogP contribution < -0.4 is 15.0 Å². The summed E-state index contributed by atoms with van der Waals surface area (Å²) in [4.78, 5) is 18.1. The monoisotopic (exact) mass is 562 g/mol. The lowest BCUT2D eigenvalue weighted by atomic mass is 9.95. The topological polar surface area (TPSA) is 66.4 Å². The number of anilines is 1. The van der Waals surface area contributed by atoms with Crippen LogP contribution in [0.15, 0.2) is 36.5 Å². The van der Waals surface area contributed by atoms with Crippen LogP contribution >= 0.6 is 0 Å². The van der Waals surface area contributed by atoms with Gasteiger partial charge in [-0.25, -0.2) is 13.2 Å². The molecular formula is C31H33F3N6O. The van der Waals surface area contributed by atoms with Crippen LogP contribution in [0, 0.1) is 18.6 Å². The minimum atomic E-state index is -0.878. The lowest BCUT2D eigenvalue weighted by Gasteiger charge is -2.31. The lowest BCUT2D eigenvalue weighted by molar-refractivity contribution is 0.107. The summed E-state index contributed by atoms with van der Waals surface area (Å²) in [6.45, 7) is 4.91. The van der Waals surface area contributed by atoms with E-state index in [9.17, 15) is 8.78 Å². The van der Waals surface area contributed by atoms with Crippen molar-refractivity contribution in [3.05, 3.63) is 53.7 Å². The molecule has 0 unspecified atom stereocenters. The molecule has 2 aromatic carbocycles. The zero-order valence-electron chi connectivity index (χ0n) is 23.3. The summed E-state index contributed by atoms with van der Waals surface area (Å²) in [5.74, 6) is -0.358. The highest BCUT2D eigenvalue weighted by Crippen LogP contribution is 2.41. The molecule has 10 heteroatoms. The summed E-state index contributed by atoms with van der Waals surface area (Å²) >= 11 is 0. The summed E-state index contributed by atoms with van der Waals surface area (Å²) < 4.78 is 51.4. The van der Waals surface area contributed by atoms with Crippen LogP contribution in [-0.4, -0.2) is 77.4 Å². The molecule has 0 aliphatic carbocycles. The van der Waals surface area contributed by atoms with E-state index in [0.717, 1.165) is 38.9 Å². The molecule has 3 aliphatic heterocycles. The minimum absolute atomic E-state index is 0.0701. The van der Waals surface area contributed by atoms with E-state index < -0.39 is 12.0 Å². The number of benzene rings is 2. The molecular weight excluding hydrogens is 529 g/mol. The number of nitrogens with one attached hydrogen (secondary N) is 1. The summed E-state index contributed by atoms with van der Waals surface area (Å²) in [5, 5.41) is 5.27. The van der Waals surface area contributed by atoms with Crippen molar-refractivity contribution in [2.75, 3.05) is 44.7 Å². The van der Waals surface area contributed by atoms with Gasteiger partial charge in [-0.1, -0.05) is 24.3 Å². The quantitative estimate of drug-likeness (QED) is 0.347. The predicted octanol–water partition coefficient (Wildman–Crippen LogP) is 5.18. The molecule has 0 saturated carbocycles. The number of aromatic nitrogens is 3. The van der Waals surface area contributed by atoms with Crippen LogP contribution in [0.1, 0.15) is 31.2 Å². The van der Waals surface area contributed by atoms with E-state index in [1.807, 2.05) is 18.0 Å². The van der Waals surface area contributed by atoms with Crippen molar-refractivity contribution in [3.63, 3.8) is 0 Å². The molecule has 7 nitrogen and oxygen atoms in total. The van der Waals surface area contributed by atoms with Gasteiger partial charge >= 0.3 is 6.01 Å². The molecule has 3 atom stereocenters. The number of halogens is 3. The van der Waals surface area contributed by atoms with E-state index in [0.29, 0.717) is 46.1 Å². The highest BCUT2D eigenvalue weighted by molar-refractivity contribution is 6.00. The van der Waals surface area contributed by atoms with Crippen LogP contribution in [-0.2, 0) is 0 Å². The number of hydrogen-bond donors (Lipinski definition) is 1. The third-order valence-electron chi connectivity index (χ3n) is 9.31. The molecule has 3 aliphatic rings. The molecule has 0 amide bonds. The van der Waals surface area contributed by atoms with Crippen molar-refractivity contribution < 1.29 is 17.9 Å². The van der Waals surface area contributed by atoms with Gasteiger partial charge in [-0.2, -0.15) is 9.97 Å². The average Bonchev–Trinajstić information content (AvgIpc) is 3.70. The van der Waals surface area contributed by atoms with Crippen molar-refractivity contribution in [2.24, 2.45) is 0 Å². The Morgan fingerprint density at radius 1 is 1.15 bits per heavy atom. The highest BCUT2D eigenvalue weighted by Gasteiger charge is 2.49. The van der Waals surface area contributed by atoms with E-state index in [-0.39, 0.29) is 41.2 Å². The zero-order valence-corrected chi connectivity index (χ0v) is 23.3. The van der Waals surface area contributed by atoms with Gasteiger partial charge in [0, 0.05) is 44.4 Å². The SMILES string of the molecule is Cc1c(F)ccc2c(-c3ncc4c(N(C)[C@@H]5CCNC5)nc(OC[C@@]56CCCN5C[C@H](F)C6)nc4c3F)cccc12. The number of ether oxygens (including phenoxy) is 1. The van der Waals surface area contributed by atoms with Gasteiger partial charge in [0.05, 0.1) is 10.9 Å². The Hall–Kier alpha value is -3.50. The van der Waals surface area contributed by atoms with Gasteiger partial charge < -0.3 is 15.0 Å². The zero-order chi connectivity index (χ0) is 28.3. The number of nitrogens with zero attached hydrogens (tertiary/aromatic N) is 5. The number of rotatable bonds is 6. The van der Waals surface area contributed by atoms with Crippen molar-refractivity contribution in [1.82, 2.24) is 25.2 Å². The molecule has 0 spiro atoms. The number of likely N-dealkylation sites (N-methyl/N-ethyl adjacent to an activating group) is 1. The minimum Gasteiger partial charge on any atom is -0.461 e. The predicted molar refractivity (Wildman–Crippen MR) is 153 cm³/mol. The van der Waals surface area contributed by atoms with Gasteiger partial charge in [0.2, 0.25) is 0 Å². The standard InChI is InChI=1S/C31H33F3N6O/c1-18-21-5-3-6-23(22(21)7-8-25(18)33)27-26(34)28-24(15-36-27)29(39(2)20-9-11-35-14-20)38-30(37-28)41-17-31-10-4-12-40(31)16-19(32)13-31/h3,5-8,15,19-20,35H,4,9-14,16-17H2,1-2H3/t19-,20-,31+/m1/s1. The summed E-state index contributed by atoms with van der Waals surface area (Å²) in [7, 11) is 1.94. The van der Waals surface area contributed by atoms with Crippen molar-refractivity contribution in [3.8, 4) is 17.3 Å². The second kappa shape index (κ2) is 10.1. The first-order valence-electron chi connectivity index (χ1n) is 14.3. The third-order valence-corrected chi connectivity index (χ3v) is 9.31. The molecule has 3 fully saturated rings. The van der Waals surface area contributed by atoms with E-state index in [1.165, 1.54) is 6.07 Å². The molecule has 0 bridgehead atoms. The Morgan fingerprint density at radius 2 is 2.02 bits per heavy atom. The van der Waals surface area contributed by atoms with E-state index >= 15 is 4.39 Å². The number of hydrogen-bond acceptors (Lipinski definition) is 7. The number of fused-ring (bicyclic) bond motifs is 3. The molecule has 41 heavy (non-hydrogen) atoms. The van der Waals surface area contributed by atoms with Crippen LogP contribution in [0.4, 0.5) is 19.0 Å². The Balaban J connectivity index is 1.34. The highest BCUT2D eigenvalue weighted by atomic mass is 19.1. The Morgan fingerprint density at radius 3 is 2.85 bits per heavy atom. The average molecular weight is 563 g/mol. The fourth-order valence-electron chi connectivity index (χ4n) is 7.02. The molecule has 214 valence electrons. The molecule has 0 radical (unpaired) electrons. The largest absolute Gasteiger partial charge is 0.461 e. The summed E-state index contributed by atoms with van der Waals surface area (Å²) in [5.41, 5.74) is 0.921. The molecule has 2 aromatic heterocycles. The van der Waals surface area contributed by atoms with Gasteiger partial charge in [-0.3, -0.25) is 9.88 Å². The second-order valence-electron chi connectivity index (χ2n) is 11.7. The maximum Gasteiger partial charge on any atom is 0.319 e. The van der Waals surface area contributed by atoms with Crippen molar-refractivity contribution in [1.29, 1.82) is 0 Å². The Kier molecular flexibility index (Phi) is 6.50. The number of alkyl halides is 1. The van der Waals surface area contributed by atoms with E-state index in [2.05, 4.69) is 20.2 Å². The first-order valence-corrected chi connectivity index (χ1v) is 14.3. The smallest absolute Gasteiger partial charge is 0.319 e. The van der Waals surface area contributed by atoms with Crippen LogP contribution in [0.2, 0.25) is 0 Å². The van der Waals surface area contributed by atoms with Gasteiger partial charge in [0.15, 0.2) is 5.82 Å². The maximum absolute atomic E-state index is 16.5. The number of aryl methyl sites for hydroxylation is 1. The molecule has 3 saturated heterocycles. The Bertz CT molecular complexity index is 1640. The fourth-order valence-corrected chi connectivity index (χ4v) is 7.02. The summed E-state index contributed by atoms with van der Waals surface area (Å²) in [6, 6.07) is 8.69. The first kappa shape index (κ1) is 26.4. The maximum atomic E-state index is 16.5. The number of pyridine rings is 1. The van der Waals surface area contributed by atoms with E-state index in [4.69, 9.17) is 9.72 Å². The Labute approximate surface area is 236 Å². The van der Waals surface area contributed by atoms with Crippen molar-refractivity contribution in [2.45, 2.75) is 50.4 Å².